The van der Waals surface area contributed by atoms with Crippen molar-refractivity contribution < 1.29 is 26.5 Å². The zero-order valence-electron chi connectivity index (χ0n) is 9.58. The second-order valence-corrected chi connectivity index (χ2v) is 5.12. The number of hydrogen-bond acceptors (Lipinski definition) is 3. The van der Waals surface area contributed by atoms with Crippen LogP contribution in [0.2, 0.25) is 0 Å². The van der Waals surface area contributed by atoms with Crippen LogP contribution >= 0.6 is 0 Å². The SMILES string of the molecule is CCCCCCCNC(=O)C(F)(F)S(=O)(=O)O. The molecule has 0 radical (unpaired) electrons. The molecule has 0 aliphatic heterocycles. The lowest BCUT2D eigenvalue weighted by Crippen LogP contribution is -2.45. The van der Waals surface area contributed by atoms with Gasteiger partial charge in [0.25, 0.3) is 0 Å². The molecule has 0 bridgehead atoms. The van der Waals surface area contributed by atoms with E-state index in [1.165, 1.54) is 0 Å². The number of amides is 1. The van der Waals surface area contributed by atoms with Crippen LogP contribution in [0.1, 0.15) is 39.0 Å². The molecule has 0 atom stereocenters. The summed E-state index contributed by atoms with van der Waals surface area (Å²) in [6.07, 6.45) is 4.25. The number of nitrogens with one attached hydrogen (secondary N) is 1. The minimum absolute atomic E-state index is 0.0341. The number of carbonyl (C=O) groups excluding carboxylic acids is 1. The van der Waals surface area contributed by atoms with E-state index >= 15 is 0 Å². The lowest BCUT2D eigenvalue weighted by atomic mass is 10.1. The Labute approximate surface area is 99.3 Å². The first-order valence-electron chi connectivity index (χ1n) is 5.36. The molecular formula is C9H17F2NO4S. The molecule has 0 saturated heterocycles. The van der Waals surface area contributed by atoms with Crippen LogP contribution in [-0.4, -0.2) is 30.7 Å². The van der Waals surface area contributed by atoms with Gasteiger partial charge in [0.1, 0.15) is 0 Å². The topological polar surface area (TPSA) is 83.5 Å². The Bertz CT molecular complexity index is 343. The molecule has 102 valence electrons. The van der Waals surface area contributed by atoms with Crippen molar-refractivity contribution in [3.8, 4) is 0 Å². The molecule has 0 aromatic carbocycles. The van der Waals surface area contributed by atoms with Gasteiger partial charge in [0.05, 0.1) is 0 Å². The van der Waals surface area contributed by atoms with Gasteiger partial charge in [-0.25, -0.2) is 0 Å². The maximum Gasteiger partial charge on any atom is 0.446 e. The van der Waals surface area contributed by atoms with E-state index in [2.05, 4.69) is 0 Å². The van der Waals surface area contributed by atoms with E-state index in [4.69, 9.17) is 4.55 Å². The fourth-order valence-corrected chi connectivity index (χ4v) is 1.46. The highest BCUT2D eigenvalue weighted by Crippen LogP contribution is 2.20. The van der Waals surface area contributed by atoms with Crippen LogP contribution < -0.4 is 5.32 Å². The Balaban J connectivity index is 3.96. The summed E-state index contributed by atoms with van der Waals surface area (Å²) in [5.41, 5.74) is 0. The highest BCUT2D eigenvalue weighted by Gasteiger charge is 2.52. The quantitative estimate of drug-likeness (QED) is 0.519. The van der Waals surface area contributed by atoms with Crippen LogP contribution in [-0.2, 0) is 14.9 Å². The van der Waals surface area contributed by atoms with Crippen molar-refractivity contribution in [3.05, 3.63) is 0 Å². The Morgan fingerprint density at radius 2 is 1.76 bits per heavy atom. The number of carbonyl (C=O) groups is 1. The van der Waals surface area contributed by atoms with Gasteiger partial charge in [0.15, 0.2) is 0 Å². The standard InChI is InChI=1S/C9H17F2NO4S/c1-2-3-4-5-6-7-12-8(13)9(10,11)17(14,15)16/h2-7H2,1H3,(H,12,13)(H,14,15,16). The molecular weight excluding hydrogens is 256 g/mol. The number of halogens is 2. The van der Waals surface area contributed by atoms with E-state index in [0.717, 1.165) is 25.7 Å². The molecule has 0 spiro atoms. The molecule has 2 N–H and O–H groups in total. The fourth-order valence-electron chi connectivity index (χ4n) is 1.15. The van der Waals surface area contributed by atoms with Crippen LogP contribution in [0.3, 0.4) is 0 Å². The predicted octanol–water partition coefficient (Wildman–Crippen LogP) is 1.55. The molecule has 0 saturated carbocycles. The molecule has 0 aliphatic rings. The maximum atomic E-state index is 12.7. The third-order valence-electron chi connectivity index (χ3n) is 2.15. The lowest BCUT2D eigenvalue weighted by Gasteiger charge is -2.12. The smallest absolute Gasteiger partial charge is 0.350 e. The van der Waals surface area contributed by atoms with E-state index in [-0.39, 0.29) is 6.54 Å². The molecule has 1 amide bonds. The van der Waals surface area contributed by atoms with Gasteiger partial charge < -0.3 is 5.32 Å². The van der Waals surface area contributed by atoms with Crippen LogP contribution in [0.4, 0.5) is 8.78 Å². The normalized spacial score (nSPS) is 12.5. The Morgan fingerprint density at radius 1 is 1.24 bits per heavy atom. The minimum Gasteiger partial charge on any atom is -0.350 e. The molecule has 0 rings (SSSR count). The monoisotopic (exact) mass is 273 g/mol. The van der Waals surface area contributed by atoms with Crippen molar-refractivity contribution in [2.75, 3.05) is 6.54 Å². The zero-order valence-corrected chi connectivity index (χ0v) is 10.4. The highest BCUT2D eigenvalue weighted by molar-refractivity contribution is 7.87. The average Bonchev–Trinajstić information content (AvgIpc) is 2.21. The summed E-state index contributed by atoms with van der Waals surface area (Å²) < 4.78 is 54.0. The van der Waals surface area contributed by atoms with Crippen LogP contribution in [0, 0.1) is 0 Å². The predicted molar refractivity (Wildman–Crippen MR) is 58.3 cm³/mol. The third kappa shape index (κ3) is 5.40. The number of alkyl halides is 2. The second kappa shape index (κ2) is 6.85. The summed E-state index contributed by atoms with van der Waals surface area (Å²) in [4.78, 5) is 10.8. The van der Waals surface area contributed by atoms with Gasteiger partial charge in [-0.15, -0.1) is 0 Å². The zero-order chi connectivity index (χ0) is 13.5. The largest absolute Gasteiger partial charge is 0.446 e. The molecule has 8 heteroatoms. The summed E-state index contributed by atoms with van der Waals surface area (Å²) in [7, 11) is -5.70. The Morgan fingerprint density at radius 3 is 2.24 bits per heavy atom. The average molecular weight is 273 g/mol. The summed E-state index contributed by atoms with van der Waals surface area (Å²) in [6.45, 7) is 1.99. The van der Waals surface area contributed by atoms with Crippen molar-refractivity contribution in [2.45, 2.75) is 44.3 Å². The first kappa shape index (κ1) is 16.2. The molecule has 0 fully saturated rings. The first-order chi connectivity index (χ1) is 7.73. The minimum atomic E-state index is -5.70. The molecule has 5 nitrogen and oxygen atoms in total. The molecule has 0 aliphatic carbocycles. The molecule has 0 unspecified atom stereocenters. The van der Waals surface area contributed by atoms with Gasteiger partial charge in [-0.1, -0.05) is 32.6 Å². The summed E-state index contributed by atoms with van der Waals surface area (Å²) in [6, 6.07) is 0. The van der Waals surface area contributed by atoms with Crippen LogP contribution in [0.25, 0.3) is 0 Å². The van der Waals surface area contributed by atoms with Gasteiger partial charge in [0.2, 0.25) is 0 Å². The van der Waals surface area contributed by atoms with E-state index in [1.807, 2.05) is 6.92 Å². The van der Waals surface area contributed by atoms with Crippen LogP contribution in [0.5, 0.6) is 0 Å². The van der Waals surface area contributed by atoms with Gasteiger partial charge in [-0.3, -0.25) is 9.35 Å². The van der Waals surface area contributed by atoms with Gasteiger partial charge in [-0.2, -0.15) is 17.2 Å². The molecule has 0 heterocycles. The molecule has 17 heavy (non-hydrogen) atoms. The van der Waals surface area contributed by atoms with E-state index in [9.17, 15) is 22.0 Å². The van der Waals surface area contributed by atoms with Crippen molar-refractivity contribution in [1.82, 2.24) is 5.32 Å². The Hall–Kier alpha value is -0.760. The number of unbranched alkanes of at least 4 members (excludes halogenated alkanes) is 4. The summed E-state index contributed by atoms with van der Waals surface area (Å²) in [5.74, 6) is -1.99. The second-order valence-electron chi connectivity index (χ2n) is 3.66. The van der Waals surface area contributed by atoms with Crippen molar-refractivity contribution in [3.63, 3.8) is 0 Å². The number of hydrogen-bond donors (Lipinski definition) is 2. The summed E-state index contributed by atoms with van der Waals surface area (Å²) in [5, 5.41) is -3.00. The highest BCUT2D eigenvalue weighted by atomic mass is 32.2. The van der Waals surface area contributed by atoms with Crippen molar-refractivity contribution >= 4 is 16.0 Å². The first-order valence-corrected chi connectivity index (χ1v) is 6.80. The Kier molecular flexibility index (Phi) is 6.54. The number of rotatable bonds is 8. The third-order valence-corrected chi connectivity index (χ3v) is 2.99. The lowest BCUT2D eigenvalue weighted by molar-refractivity contribution is -0.136. The van der Waals surface area contributed by atoms with Gasteiger partial charge in [-0.05, 0) is 6.42 Å². The van der Waals surface area contributed by atoms with E-state index in [1.54, 1.807) is 5.32 Å². The summed E-state index contributed by atoms with van der Waals surface area (Å²) >= 11 is 0. The van der Waals surface area contributed by atoms with E-state index < -0.39 is 21.3 Å². The van der Waals surface area contributed by atoms with Gasteiger partial charge >= 0.3 is 21.3 Å². The maximum absolute atomic E-state index is 12.7. The van der Waals surface area contributed by atoms with Crippen LogP contribution in [0.15, 0.2) is 0 Å². The van der Waals surface area contributed by atoms with Gasteiger partial charge in [0, 0.05) is 6.54 Å². The van der Waals surface area contributed by atoms with E-state index in [0.29, 0.717) is 6.42 Å². The van der Waals surface area contributed by atoms with Crippen molar-refractivity contribution in [2.24, 2.45) is 0 Å². The molecule has 0 aromatic heterocycles. The van der Waals surface area contributed by atoms with Crippen molar-refractivity contribution in [1.29, 1.82) is 0 Å². The fraction of sp³-hybridized carbons (Fsp3) is 0.889. The molecule has 0 aromatic rings.